The fourth-order valence-corrected chi connectivity index (χ4v) is 3.69. The Morgan fingerprint density at radius 3 is 2.68 bits per heavy atom. The Morgan fingerprint density at radius 2 is 2.00 bits per heavy atom. The molecule has 9 nitrogen and oxygen atoms in total. The average Bonchev–Trinajstić information content (AvgIpc) is 3.49. The van der Waals surface area contributed by atoms with Crippen molar-refractivity contribution in [2.75, 3.05) is 29.1 Å². The van der Waals surface area contributed by atoms with Gasteiger partial charge in [-0.15, -0.1) is 0 Å². The van der Waals surface area contributed by atoms with Crippen LogP contribution in [0.25, 0.3) is 11.3 Å². The van der Waals surface area contributed by atoms with Crippen molar-refractivity contribution in [3.05, 3.63) is 43.1 Å². The van der Waals surface area contributed by atoms with E-state index in [0.717, 1.165) is 24.1 Å². The lowest BCUT2D eigenvalue weighted by Gasteiger charge is -2.21. The molecule has 9 heteroatoms. The van der Waals surface area contributed by atoms with Crippen LogP contribution in [0.2, 0.25) is 0 Å². The van der Waals surface area contributed by atoms with E-state index in [0.29, 0.717) is 35.8 Å². The van der Waals surface area contributed by atoms with Crippen LogP contribution in [-0.2, 0) is 0 Å². The lowest BCUT2D eigenvalue weighted by atomic mass is 10.2. The summed E-state index contributed by atoms with van der Waals surface area (Å²) in [4.78, 5) is 27.1. The number of carbonyl (C=O) groups is 1. The van der Waals surface area contributed by atoms with Crippen LogP contribution < -0.4 is 20.9 Å². The second kappa shape index (κ2) is 9.57. The number of aromatic nitrogens is 3. The molecule has 2 amide bonds. The molecule has 1 fully saturated rings. The summed E-state index contributed by atoms with van der Waals surface area (Å²) in [6.07, 6.45) is 9.41. The van der Waals surface area contributed by atoms with E-state index in [1.165, 1.54) is 19.2 Å². The molecule has 0 saturated heterocycles. The predicted molar refractivity (Wildman–Crippen MR) is 119 cm³/mol. The highest BCUT2D eigenvalue weighted by Crippen LogP contribution is 2.29. The number of oxazole rings is 1. The van der Waals surface area contributed by atoms with Crippen molar-refractivity contribution in [2.24, 2.45) is 0 Å². The number of hydrogen-bond acceptors (Lipinski definition) is 7. The third-order valence-corrected chi connectivity index (χ3v) is 5.39. The summed E-state index contributed by atoms with van der Waals surface area (Å²) in [5, 5.41) is 8.42. The number of hydrogen-bond donors (Lipinski definition) is 3. The zero-order chi connectivity index (χ0) is 21.6. The van der Waals surface area contributed by atoms with Crippen molar-refractivity contribution >= 4 is 29.2 Å². The molecule has 2 aromatic heterocycles. The molecule has 1 aliphatic carbocycles. The Morgan fingerprint density at radius 1 is 1.23 bits per heavy atom. The second-order valence-electron chi connectivity index (χ2n) is 7.63. The van der Waals surface area contributed by atoms with E-state index in [1.807, 2.05) is 31.2 Å². The van der Waals surface area contributed by atoms with Gasteiger partial charge in [-0.25, -0.2) is 14.8 Å². The van der Waals surface area contributed by atoms with Crippen LogP contribution in [-0.4, -0.2) is 40.6 Å². The fraction of sp³-hybridized carbons (Fsp3) is 0.364. The molecule has 31 heavy (non-hydrogen) atoms. The molecule has 4 N–H and O–H groups in total. The highest BCUT2D eigenvalue weighted by molar-refractivity contribution is 5.88. The highest BCUT2D eigenvalue weighted by atomic mass is 16.3. The summed E-state index contributed by atoms with van der Waals surface area (Å²) in [6, 6.07) is 8.06. The molecular weight excluding hydrogens is 394 g/mol. The van der Waals surface area contributed by atoms with Gasteiger partial charge in [-0.3, -0.25) is 10.2 Å². The summed E-state index contributed by atoms with van der Waals surface area (Å²) < 4.78 is 5.33. The van der Waals surface area contributed by atoms with Crippen LogP contribution in [0.5, 0.6) is 0 Å². The van der Waals surface area contributed by atoms with Gasteiger partial charge in [-0.2, -0.15) is 4.98 Å². The molecule has 4 rings (SSSR count). The van der Waals surface area contributed by atoms with Crippen LogP contribution in [0, 0.1) is 0 Å². The number of carbonyl (C=O) groups excluding carboxylic acids is 1. The quantitative estimate of drug-likeness (QED) is 0.535. The summed E-state index contributed by atoms with van der Waals surface area (Å²) in [6.45, 7) is 2.62. The topological polar surface area (TPSA) is 113 Å². The summed E-state index contributed by atoms with van der Waals surface area (Å²) in [7, 11) is 1.75. The van der Waals surface area contributed by atoms with Gasteiger partial charge in [0.05, 0.1) is 18.9 Å². The van der Waals surface area contributed by atoms with Crippen LogP contribution >= 0.6 is 0 Å². The number of quaternary nitrogens is 1. The lowest BCUT2D eigenvalue weighted by molar-refractivity contribution is -0.550. The number of urea groups is 1. The molecule has 1 aromatic carbocycles. The first-order chi connectivity index (χ1) is 15.1. The SMILES string of the molecule is CC[NH2+]C(=O)N(C)c1cnc(Nc2ccc(-c3cnco3)cc2)nc1NC1CCCC1. The Labute approximate surface area is 181 Å². The van der Waals surface area contributed by atoms with E-state index in [4.69, 9.17) is 9.40 Å². The van der Waals surface area contributed by atoms with Gasteiger partial charge in [-0.05, 0) is 44.0 Å². The Balaban J connectivity index is 1.55. The van der Waals surface area contributed by atoms with Crippen molar-refractivity contribution in [2.45, 2.75) is 38.6 Å². The molecule has 0 aliphatic heterocycles. The van der Waals surface area contributed by atoms with Gasteiger partial charge in [0, 0.05) is 24.3 Å². The largest absolute Gasteiger partial charge is 0.444 e. The summed E-state index contributed by atoms with van der Waals surface area (Å²) >= 11 is 0. The Hall–Kier alpha value is -3.46. The normalized spacial score (nSPS) is 13.9. The van der Waals surface area contributed by atoms with Gasteiger partial charge in [0.25, 0.3) is 0 Å². The third kappa shape index (κ3) is 5.00. The van der Waals surface area contributed by atoms with Gasteiger partial charge >= 0.3 is 6.03 Å². The molecule has 0 atom stereocenters. The second-order valence-corrected chi connectivity index (χ2v) is 7.63. The van der Waals surface area contributed by atoms with Crippen LogP contribution in [0.4, 0.5) is 27.9 Å². The van der Waals surface area contributed by atoms with Gasteiger partial charge in [-0.1, -0.05) is 12.8 Å². The minimum Gasteiger partial charge on any atom is -0.444 e. The first-order valence-electron chi connectivity index (χ1n) is 10.6. The first-order valence-corrected chi connectivity index (χ1v) is 10.6. The fourth-order valence-electron chi connectivity index (χ4n) is 3.69. The number of benzene rings is 1. The van der Waals surface area contributed by atoms with Gasteiger partial charge < -0.3 is 15.1 Å². The standard InChI is InChI=1S/C22H27N7O2/c1-3-24-22(30)29(2)18-12-25-21(28-20(18)26-16-6-4-5-7-16)27-17-10-8-15(9-11-17)19-13-23-14-31-19/h8-14,16H,3-7H2,1-2H3,(H,24,30)(H2,25,26,27,28)/p+1. The third-order valence-electron chi connectivity index (χ3n) is 5.39. The van der Waals surface area contributed by atoms with Gasteiger partial charge in [0.15, 0.2) is 18.0 Å². The van der Waals surface area contributed by atoms with Crippen LogP contribution in [0.1, 0.15) is 32.6 Å². The van der Waals surface area contributed by atoms with E-state index < -0.39 is 0 Å². The maximum Gasteiger partial charge on any atom is 0.420 e. The maximum absolute atomic E-state index is 12.4. The Bertz CT molecular complexity index is 999. The summed E-state index contributed by atoms with van der Waals surface area (Å²) in [5.41, 5.74) is 2.47. The van der Waals surface area contributed by atoms with Crippen LogP contribution in [0.15, 0.2) is 47.5 Å². The molecule has 3 aromatic rings. The zero-order valence-electron chi connectivity index (χ0n) is 17.8. The molecule has 2 heterocycles. The number of anilines is 4. The predicted octanol–water partition coefficient (Wildman–Crippen LogP) is 3.37. The van der Waals surface area contributed by atoms with E-state index >= 15 is 0 Å². The molecule has 0 unspecified atom stereocenters. The first kappa shape index (κ1) is 20.8. The summed E-state index contributed by atoms with van der Waals surface area (Å²) in [5.74, 6) is 1.85. The maximum atomic E-state index is 12.4. The average molecular weight is 423 g/mol. The van der Waals surface area contributed by atoms with Crippen molar-refractivity contribution in [3.63, 3.8) is 0 Å². The molecule has 0 bridgehead atoms. The van der Waals surface area contributed by atoms with Gasteiger partial charge in [0.2, 0.25) is 5.95 Å². The van der Waals surface area contributed by atoms with E-state index in [9.17, 15) is 4.79 Å². The smallest absolute Gasteiger partial charge is 0.420 e. The molecule has 1 saturated carbocycles. The zero-order valence-corrected chi connectivity index (χ0v) is 17.8. The van der Waals surface area contributed by atoms with E-state index in [1.54, 1.807) is 29.7 Å². The molecule has 0 spiro atoms. The van der Waals surface area contributed by atoms with Crippen molar-refractivity contribution in [1.29, 1.82) is 0 Å². The molecule has 1 aliphatic rings. The van der Waals surface area contributed by atoms with Crippen molar-refractivity contribution in [3.8, 4) is 11.3 Å². The number of nitrogens with zero attached hydrogens (tertiary/aromatic N) is 4. The number of nitrogens with two attached hydrogens (primary N) is 1. The number of nitrogens with one attached hydrogen (secondary N) is 2. The highest BCUT2D eigenvalue weighted by Gasteiger charge is 2.23. The molecule has 0 radical (unpaired) electrons. The number of rotatable bonds is 7. The van der Waals surface area contributed by atoms with Gasteiger partial charge in [0.1, 0.15) is 5.69 Å². The number of primary amides is 1. The van der Waals surface area contributed by atoms with Crippen LogP contribution in [0.3, 0.4) is 0 Å². The van der Waals surface area contributed by atoms with E-state index in [2.05, 4.69) is 20.6 Å². The molecule has 162 valence electrons. The molecular formula is C22H28N7O2+. The van der Waals surface area contributed by atoms with E-state index in [-0.39, 0.29) is 6.03 Å². The van der Waals surface area contributed by atoms with Crippen molar-refractivity contribution in [1.82, 2.24) is 15.0 Å². The monoisotopic (exact) mass is 422 g/mol. The number of amides is 2. The Kier molecular flexibility index (Phi) is 6.42. The minimum atomic E-state index is -0.0655. The van der Waals surface area contributed by atoms with Crippen molar-refractivity contribution < 1.29 is 14.5 Å². The minimum absolute atomic E-state index is 0.0655. The lowest BCUT2D eigenvalue weighted by Crippen LogP contribution is -2.90.